The van der Waals surface area contributed by atoms with Crippen LogP contribution in [0.3, 0.4) is 0 Å². The maximum atomic E-state index is 15.1. The molecule has 0 N–H and O–H groups in total. The third-order valence-corrected chi connectivity index (χ3v) is 7.98. The van der Waals surface area contributed by atoms with Crippen LogP contribution in [0.5, 0.6) is 6.01 Å². The van der Waals surface area contributed by atoms with Crippen LogP contribution in [0.4, 0.5) is 19.4 Å². The zero-order valence-electron chi connectivity index (χ0n) is 22.5. The van der Waals surface area contributed by atoms with Crippen LogP contribution in [0.25, 0.3) is 10.9 Å². The highest BCUT2D eigenvalue weighted by molar-refractivity contribution is 6.30. The van der Waals surface area contributed by atoms with Crippen LogP contribution in [-0.4, -0.2) is 93.0 Å². The minimum absolute atomic E-state index is 0.00613. The van der Waals surface area contributed by atoms with Gasteiger partial charge in [-0.15, -0.1) is 0 Å². The lowest BCUT2D eigenvalue weighted by atomic mass is 9.95. The fourth-order valence-electron chi connectivity index (χ4n) is 5.93. The molecule has 9 nitrogen and oxygen atoms in total. The minimum Gasteiger partial charge on any atom is -0.461 e. The molecule has 0 saturated carbocycles. The molecule has 3 aliphatic heterocycles. The number of alkyl halides is 1. The van der Waals surface area contributed by atoms with Gasteiger partial charge in [-0.1, -0.05) is 11.6 Å². The van der Waals surface area contributed by atoms with E-state index in [4.69, 9.17) is 26.1 Å². The first-order valence-corrected chi connectivity index (χ1v) is 13.5. The molecule has 0 unspecified atom stereocenters. The second kappa shape index (κ2) is 9.89. The molecule has 1 amide bonds. The van der Waals surface area contributed by atoms with Gasteiger partial charge in [0.25, 0.3) is 0 Å². The van der Waals surface area contributed by atoms with Crippen LogP contribution < -0.4 is 9.64 Å². The molecule has 2 aromatic heterocycles. The lowest BCUT2D eigenvalue weighted by Gasteiger charge is -2.44. The smallest absolute Gasteiger partial charge is 0.410 e. The van der Waals surface area contributed by atoms with Gasteiger partial charge >= 0.3 is 12.1 Å². The van der Waals surface area contributed by atoms with Gasteiger partial charge in [-0.3, -0.25) is 4.90 Å². The summed E-state index contributed by atoms with van der Waals surface area (Å²) in [6.07, 6.45) is 2.40. The number of hydrogen-bond acceptors (Lipinski definition) is 8. The number of nitrogens with zero attached hydrogens (tertiary/aromatic N) is 6. The van der Waals surface area contributed by atoms with Gasteiger partial charge in [-0.2, -0.15) is 9.97 Å². The number of fused-ring (bicyclic) bond motifs is 2. The average Bonchev–Trinajstić information content (AvgIpc) is 3.35. The Hall–Kier alpha value is -2.53. The van der Waals surface area contributed by atoms with E-state index in [1.54, 1.807) is 4.90 Å². The molecule has 3 saturated heterocycles. The van der Waals surface area contributed by atoms with Crippen molar-refractivity contribution in [1.29, 1.82) is 0 Å². The fourth-order valence-corrected chi connectivity index (χ4v) is 6.07. The highest BCUT2D eigenvalue weighted by Gasteiger charge is 2.49. The fraction of sp³-hybridized carbons (Fsp3) is 0.692. The van der Waals surface area contributed by atoms with Crippen LogP contribution in [0.15, 0.2) is 6.20 Å². The molecule has 0 aromatic carbocycles. The Morgan fingerprint density at radius 3 is 2.71 bits per heavy atom. The number of halogens is 3. The second-order valence-electron chi connectivity index (χ2n) is 11.8. The van der Waals surface area contributed by atoms with Crippen LogP contribution in [0.1, 0.15) is 53.9 Å². The van der Waals surface area contributed by atoms with E-state index in [0.717, 1.165) is 19.4 Å². The lowest BCUT2D eigenvalue weighted by Crippen LogP contribution is -2.59. The summed E-state index contributed by atoms with van der Waals surface area (Å²) in [6, 6.07) is -0.368. The summed E-state index contributed by atoms with van der Waals surface area (Å²) >= 11 is 6.00. The number of aromatic nitrogens is 3. The molecule has 2 aromatic rings. The largest absolute Gasteiger partial charge is 0.461 e. The predicted molar refractivity (Wildman–Crippen MR) is 140 cm³/mol. The van der Waals surface area contributed by atoms with Crippen molar-refractivity contribution in [3.63, 3.8) is 0 Å². The third kappa shape index (κ3) is 5.06. The van der Waals surface area contributed by atoms with E-state index in [-0.39, 0.29) is 41.5 Å². The molecule has 12 heteroatoms. The molecule has 0 bridgehead atoms. The second-order valence-corrected chi connectivity index (χ2v) is 12.2. The monoisotopic (exact) mass is 552 g/mol. The number of hydrogen-bond donors (Lipinski definition) is 0. The lowest BCUT2D eigenvalue weighted by molar-refractivity contribution is 0.0130. The molecule has 208 valence electrons. The first-order valence-electron chi connectivity index (χ1n) is 13.2. The van der Waals surface area contributed by atoms with E-state index in [2.05, 4.69) is 14.9 Å². The maximum absolute atomic E-state index is 15.1. The van der Waals surface area contributed by atoms with Gasteiger partial charge in [0.1, 0.15) is 29.7 Å². The Balaban J connectivity index is 1.45. The summed E-state index contributed by atoms with van der Waals surface area (Å²) in [5.41, 5.74) is -0.993. The van der Waals surface area contributed by atoms with Crippen molar-refractivity contribution in [1.82, 2.24) is 24.8 Å². The molecule has 0 radical (unpaired) electrons. The minimum atomic E-state index is -0.891. The van der Waals surface area contributed by atoms with E-state index >= 15 is 4.39 Å². The summed E-state index contributed by atoms with van der Waals surface area (Å²) in [7, 11) is 0. The molecule has 38 heavy (non-hydrogen) atoms. The standard InChI is InChI=1S/C26H35ClF2N6O3/c1-15-12-35(24(36)38-25(3,4)5)16(2)11-34(15)22-18-10-30-21(27)19(29)20(18)31-23(32-22)37-14-26-7-6-8-33(26)13-17(28)9-26/h10,15-17H,6-9,11-14H2,1-5H3/t15-,16+,17+,26-/m0/s1. The zero-order valence-corrected chi connectivity index (χ0v) is 23.3. The number of amides is 1. The number of anilines is 1. The first-order chi connectivity index (χ1) is 17.9. The average molecular weight is 553 g/mol. The van der Waals surface area contributed by atoms with Crippen LogP contribution in [0.2, 0.25) is 5.15 Å². The van der Waals surface area contributed by atoms with Gasteiger partial charge < -0.3 is 19.3 Å². The van der Waals surface area contributed by atoms with E-state index in [0.29, 0.717) is 37.3 Å². The van der Waals surface area contributed by atoms with Gasteiger partial charge in [-0.05, 0) is 54.0 Å². The summed E-state index contributed by atoms with van der Waals surface area (Å²) < 4.78 is 41.1. The summed E-state index contributed by atoms with van der Waals surface area (Å²) in [5, 5.41) is 0.107. The topological polar surface area (TPSA) is 83.9 Å². The SMILES string of the molecule is C[C@@H]1CN(c2nc(OC[C@@]34CCCN3C[C@H](F)C4)nc3c(F)c(Cl)ncc23)[C@@H](C)CN1C(=O)OC(C)(C)C. The maximum Gasteiger partial charge on any atom is 0.410 e. The zero-order chi connectivity index (χ0) is 27.4. The van der Waals surface area contributed by atoms with Crippen molar-refractivity contribution in [2.45, 2.75) is 83.3 Å². The molecule has 3 fully saturated rings. The number of carbonyl (C=O) groups is 1. The number of carbonyl (C=O) groups excluding carboxylic acids is 1. The highest BCUT2D eigenvalue weighted by atomic mass is 35.5. The number of pyridine rings is 1. The first kappa shape index (κ1) is 27.1. The summed E-state index contributed by atoms with van der Waals surface area (Å²) in [5.74, 6) is -0.303. The van der Waals surface area contributed by atoms with Crippen molar-refractivity contribution in [3.05, 3.63) is 17.2 Å². The molecular formula is C26H35ClF2N6O3. The van der Waals surface area contributed by atoms with Crippen LogP contribution >= 0.6 is 11.6 Å². The Morgan fingerprint density at radius 1 is 1.21 bits per heavy atom. The highest BCUT2D eigenvalue weighted by Crippen LogP contribution is 2.41. The predicted octanol–water partition coefficient (Wildman–Crippen LogP) is 4.61. The normalized spacial score (nSPS) is 28.2. The Kier molecular flexibility index (Phi) is 7.04. The molecule has 0 aliphatic carbocycles. The number of rotatable bonds is 4. The molecule has 5 heterocycles. The van der Waals surface area contributed by atoms with E-state index in [1.807, 2.05) is 39.5 Å². The Morgan fingerprint density at radius 2 is 1.97 bits per heavy atom. The number of ether oxygens (including phenoxy) is 2. The van der Waals surface area contributed by atoms with Crippen molar-refractivity contribution in [2.75, 3.05) is 37.7 Å². The van der Waals surface area contributed by atoms with Crippen molar-refractivity contribution >= 4 is 34.4 Å². The van der Waals surface area contributed by atoms with Crippen molar-refractivity contribution in [2.24, 2.45) is 0 Å². The van der Waals surface area contributed by atoms with Crippen molar-refractivity contribution < 1.29 is 23.0 Å². The molecule has 3 aliphatic rings. The van der Waals surface area contributed by atoms with Crippen LogP contribution in [-0.2, 0) is 4.74 Å². The van der Waals surface area contributed by atoms with Crippen LogP contribution in [0, 0.1) is 5.82 Å². The number of piperazine rings is 1. The molecular weight excluding hydrogens is 518 g/mol. The van der Waals surface area contributed by atoms with Gasteiger partial charge in [0.2, 0.25) is 0 Å². The van der Waals surface area contributed by atoms with Gasteiger partial charge in [0.05, 0.1) is 10.9 Å². The Bertz CT molecular complexity index is 1230. The van der Waals surface area contributed by atoms with E-state index in [9.17, 15) is 9.18 Å². The van der Waals surface area contributed by atoms with Gasteiger partial charge in [-0.25, -0.2) is 18.6 Å². The summed E-state index contributed by atoms with van der Waals surface area (Å²) in [6.45, 7) is 11.7. The molecule has 5 rings (SSSR count). The van der Waals surface area contributed by atoms with E-state index < -0.39 is 23.1 Å². The van der Waals surface area contributed by atoms with Gasteiger partial charge in [0.15, 0.2) is 11.0 Å². The quantitative estimate of drug-likeness (QED) is 0.509. The summed E-state index contributed by atoms with van der Waals surface area (Å²) in [4.78, 5) is 31.7. The Labute approximate surface area is 226 Å². The van der Waals surface area contributed by atoms with Gasteiger partial charge in [0, 0.05) is 44.3 Å². The third-order valence-electron chi connectivity index (χ3n) is 7.72. The molecule has 0 spiro atoms. The molecule has 4 atom stereocenters. The van der Waals surface area contributed by atoms with E-state index in [1.165, 1.54) is 6.20 Å². The van der Waals surface area contributed by atoms with Crippen molar-refractivity contribution in [3.8, 4) is 6.01 Å².